The van der Waals surface area contributed by atoms with Gasteiger partial charge in [0.15, 0.2) is 0 Å². The van der Waals surface area contributed by atoms with Crippen LogP contribution < -0.4 is 4.90 Å². The van der Waals surface area contributed by atoms with Crippen molar-refractivity contribution in [3.8, 4) is 11.1 Å². The average Bonchev–Trinajstić information content (AvgIpc) is 2.61. The summed E-state index contributed by atoms with van der Waals surface area (Å²) >= 11 is 6.56. The Balaban J connectivity index is 2.27. The molecule has 0 N–H and O–H groups in total. The molecule has 0 aliphatic carbocycles. The van der Waals surface area contributed by atoms with E-state index in [2.05, 4.69) is 61.6 Å². The first-order valence-electron chi connectivity index (χ1n) is 9.73. The van der Waals surface area contributed by atoms with Gasteiger partial charge in [-0.15, -0.1) is 0 Å². The molecule has 0 fully saturated rings. The van der Waals surface area contributed by atoms with Crippen LogP contribution in [-0.4, -0.2) is 23.1 Å². The first kappa shape index (κ1) is 19.6. The maximum Gasteiger partial charge on any atom is 0.139 e. The second-order valence-corrected chi connectivity index (χ2v) is 7.69. The van der Waals surface area contributed by atoms with Crippen molar-refractivity contribution in [1.29, 1.82) is 0 Å². The van der Waals surface area contributed by atoms with Crippen LogP contribution in [-0.2, 0) is 0 Å². The lowest BCUT2D eigenvalue weighted by atomic mass is 9.92. The molecule has 27 heavy (non-hydrogen) atoms. The lowest BCUT2D eigenvalue weighted by molar-refractivity contribution is 0.726. The van der Waals surface area contributed by atoms with Crippen molar-refractivity contribution in [1.82, 2.24) is 9.97 Å². The molecule has 0 saturated carbocycles. The number of fused-ring (bicyclic) bond motifs is 1. The quantitative estimate of drug-likeness (QED) is 0.487. The van der Waals surface area contributed by atoms with Crippen LogP contribution in [0.25, 0.3) is 22.0 Å². The summed E-state index contributed by atoms with van der Waals surface area (Å²) in [5.41, 5.74) is 7.03. The highest BCUT2D eigenvalue weighted by atomic mass is 35.5. The molecule has 0 atom stereocenters. The smallest absolute Gasteiger partial charge is 0.139 e. The number of hydrogen-bond acceptors (Lipinski definition) is 3. The van der Waals surface area contributed by atoms with Gasteiger partial charge in [-0.2, -0.15) is 0 Å². The highest BCUT2D eigenvalue weighted by molar-refractivity contribution is 6.32. The van der Waals surface area contributed by atoms with Crippen LogP contribution in [0.4, 0.5) is 5.82 Å². The fourth-order valence-corrected chi connectivity index (χ4v) is 4.15. The highest BCUT2D eigenvalue weighted by Crippen LogP contribution is 2.37. The molecule has 0 spiro atoms. The van der Waals surface area contributed by atoms with E-state index in [1.807, 2.05) is 12.1 Å². The Hall–Kier alpha value is -2.13. The number of unbranched alkanes of at least 4 members (excludes halogenated alkanes) is 1. The van der Waals surface area contributed by atoms with Crippen LogP contribution in [0.15, 0.2) is 30.6 Å². The van der Waals surface area contributed by atoms with Gasteiger partial charge in [-0.25, -0.2) is 9.97 Å². The third kappa shape index (κ3) is 3.93. The maximum atomic E-state index is 6.56. The minimum atomic E-state index is 0.722. The van der Waals surface area contributed by atoms with Gasteiger partial charge < -0.3 is 4.90 Å². The molecule has 0 aliphatic rings. The zero-order chi connectivity index (χ0) is 19.6. The molecular formula is C23H28ClN3. The van der Waals surface area contributed by atoms with Crippen molar-refractivity contribution in [2.24, 2.45) is 0 Å². The van der Waals surface area contributed by atoms with E-state index >= 15 is 0 Å². The minimum Gasteiger partial charge on any atom is -0.356 e. The van der Waals surface area contributed by atoms with Gasteiger partial charge in [-0.3, -0.25) is 0 Å². The Morgan fingerprint density at radius 1 is 0.963 bits per heavy atom. The largest absolute Gasteiger partial charge is 0.356 e. The summed E-state index contributed by atoms with van der Waals surface area (Å²) in [4.78, 5) is 11.6. The number of rotatable bonds is 6. The van der Waals surface area contributed by atoms with E-state index in [4.69, 9.17) is 11.6 Å². The average molecular weight is 382 g/mol. The molecule has 1 heterocycles. The number of anilines is 1. The molecule has 0 radical (unpaired) electrons. The van der Waals surface area contributed by atoms with Gasteiger partial charge in [0.25, 0.3) is 0 Å². The standard InChI is InChI=1S/C23H28ClN3/c1-6-8-9-27(7-2)23-20-13-18(24)12-19(22(20)25-14-26-23)21-16(4)10-15(3)11-17(21)5/h10-14H,6-9H2,1-5H3. The van der Waals surface area contributed by atoms with Crippen molar-refractivity contribution in [3.63, 3.8) is 0 Å². The summed E-state index contributed by atoms with van der Waals surface area (Å²) in [6.45, 7) is 12.7. The Morgan fingerprint density at radius 3 is 2.30 bits per heavy atom. The van der Waals surface area contributed by atoms with Crippen LogP contribution in [0.3, 0.4) is 0 Å². The fraction of sp³-hybridized carbons (Fsp3) is 0.391. The summed E-state index contributed by atoms with van der Waals surface area (Å²) in [6.07, 6.45) is 3.98. The number of hydrogen-bond donors (Lipinski definition) is 0. The molecule has 3 aromatic rings. The van der Waals surface area contributed by atoms with E-state index < -0.39 is 0 Å². The summed E-state index contributed by atoms with van der Waals surface area (Å²) < 4.78 is 0. The molecule has 3 rings (SSSR count). The normalized spacial score (nSPS) is 11.2. The van der Waals surface area contributed by atoms with Crippen LogP contribution in [0.2, 0.25) is 5.02 Å². The molecular weight excluding hydrogens is 354 g/mol. The van der Waals surface area contributed by atoms with Gasteiger partial charge in [0.05, 0.1) is 5.52 Å². The molecule has 1 aromatic heterocycles. The lowest BCUT2D eigenvalue weighted by Crippen LogP contribution is -2.25. The van der Waals surface area contributed by atoms with Gasteiger partial charge in [-0.05, 0) is 62.9 Å². The summed E-state index contributed by atoms with van der Waals surface area (Å²) in [7, 11) is 0. The third-order valence-electron chi connectivity index (χ3n) is 5.09. The van der Waals surface area contributed by atoms with E-state index in [0.29, 0.717) is 0 Å². The number of benzene rings is 2. The van der Waals surface area contributed by atoms with Crippen molar-refractivity contribution in [2.75, 3.05) is 18.0 Å². The van der Waals surface area contributed by atoms with Crippen molar-refractivity contribution in [3.05, 3.63) is 52.3 Å². The van der Waals surface area contributed by atoms with Gasteiger partial charge in [0.1, 0.15) is 12.1 Å². The van der Waals surface area contributed by atoms with Crippen LogP contribution in [0.1, 0.15) is 43.4 Å². The number of aromatic nitrogens is 2. The molecule has 2 aromatic carbocycles. The van der Waals surface area contributed by atoms with Gasteiger partial charge in [0, 0.05) is 29.1 Å². The predicted octanol–water partition coefficient (Wildman–Crippen LogP) is 6.50. The van der Waals surface area contributed by atoms with Crippen LogP contribution in [0, 0.1) is 20.8 Å². The molecule has 3 nitrogen and oxygen atoms in total. The van der Waals surface area contributed by atoms with Crippen LogP contribution in [0.5, 0.6) is 0 Å². The fourth-order valence-electron chi connectivity index (χ4n) is 3.93. The summed E-state index contributed by atoms with van der Waals surface area (Å²) in [5, 5.41) is 1.75. The van der Waals surface area contributed by atoms with E-state index in [0.717, 1.165) is 53.2 Å². The topological polar surface area (TPSA) is 29.0 Å². The van der Waals surface area contributed by atoms with E-state index in [1.165, 1.54) is 22.3 Å². The lowest BCUT2D eigenvalue weighted by Gasteiger charge is -2.24. The summed E-state index contributed by atoms with van der Waals surface area (Å²) in [5.74, 6) is 0.974. The number of aryl methyl sites for hydroxylation is 3. The Kier molecular flexibility index (Phi) is 6.01. The van der Waals surface area contributed by atoms with Crippen molar-refractivity contribution in [2.45, 2.75) is 47.5 Å². The minimum absolute atomic E-state index is 0.722. The van der Waals surface area contributed by atoms with Gasteiger partial charge in [0.2, 0.25) is 0 Å². The van der Waals surface area contributed by atoms with E-state index in [-0.39, 0.29) is 0 Å². The Morgan fingerprint density at radius 2 is 1.67 bits per heavy atom. The molecule has 0 amide bonds. The first-order chi connectivity index (χ1) is 13.0. The second kappa shape index (κ2) is 8.26. The molecule has 142 valence electrons. The molecule has 0 unspecified atom stereocenters. The maximum absolute atomic E-state index is 6.56. The van der Waals surface area contributed by atoms with Crippen molar-refractivity contribution < 1.29 is 0 Å². The Bertz CT molecular complexity index is 942. The first-order valence-corrected chi connectivity index (χ1v) is 10.1. The van der Waals surface area contributed by atoms with Crippen molar-refractivity contribution >= 4 is 28.3 Å². The molecule has 0 saturated heterocycles. The van der Waals surface area contributed by atoms with Gasteiger partial charge >= 0.3 is 0 Å². The predicted molar refractivity (Wildman–Crippen MR) is 117 cm³/mol. The number of halogens is 1. The van der Waals surface area contributed by atoms with Crippen LogP contribution >= 0.6 is 11.6 Å². The van der Waals surface area contributed by atoms with E-state index in [9.17, 15) is 0 Å². The SMILES string of the molecule is CCCCN(CC)c1ncnc2c(-c3c(C)cc(C)cc3C)cc(Cl)cc12. The highest BCUT2D eigenvalue weighted by Gasteiger charge is 2.17. The zero-order valence-corrected chi connectivity index (χ0v) is 17.7. The van der Waals surface area contributed by atoms with E-state index in [1.54, 1.807) is 6.33 Å². The van der Waals surface area contributed by atoms with Gasteiger partial charge in [-0.1, -0.05) is 42.6 Å². The summed E-state index contributed by atoms with van der Waals surface area (Å²) in [6, 6.07) is 8.48. The molecule has 4 heteroatoms. The second-order valence-electron chi connectivity index (χ2n) is 7.25. The molecule has 0 aliphatic heterocycles. The molecule has 0 bridgehead atoms. The zero-order valence-electron chi connectivity index (χ0n) is 16.9. The third-order valence-corrected chi connectivity index (χ3v) is 5.31. The monoisotopic (exact) mass is 381 g/mol. The number of nitrogens with zero attached hydrogens (tertiary/aromatic N) is 3. The Labute approximate surface area is 167 Å².